The normalized spacial score (nSPS) is 11.0. The number of hydrogen-bond acceptors (Lipinski definition) is 3. The van der Waals surface area contributed by atoms with Gasteiger partial charge >= 0.3 is 0 Å². The smallest absolute Gasteiger partial charge is 0.195 e. The Morgan fingerprint density at radius 1 is 0.696 bits per heavy atom. The second-order valence-electron chi connectivity index (χ2n) is 4.88. The molecule has 0 radical (unpaired) electrons. The molecular formula is C20H18O3. The molecule has 0 bridgehead atoms. The molecule has 3 heteroatoms. The molecule has 3 nitrogen and oxygen atoms in total. The molecule has 23 heavy (non-hydrogen) atoms. The Morgan fingerprint density at radius 2 is 1.13 bits per heavy atom. The highest BCUT2D eigenvalue weighted by atomic mass is 16.3. The number of Topliss-reactive ketones (excluding diaryl/α,β-unsaturated/α-hetero) is 1. The molecule has 3 aromatic rings. The van der Waals surface area contributed by atoms with E-state index >= 15 is 0 Å². The van der Waals surface area contributed by atoms with Crippen LogP contribution in [0.2, 0.25) is 0 Å². The lowest BCUT2D eigenvalue weighted by Gasteiger charge is -2.09. The fraction of sp³-hybridized carbons (Fsp3) is 0.0500. The molecule has 0 amide bonds. The van der Waals surface area contributed by atoms with Crippen LogP contribution in [0, 0.1) is 0 Å². The molecule has 3 rings (SSSR count). The molecule has 0 heterocycles. The second kappa shape index (κ2) is 8.51. The molecule has 0 aliphatic rings. The average molecular weight is 306 g/mol. The van der Waals surface area contributed by atoms with Gasteiger partial charge in [0.1, 0.15) is 11.9 Å². The van der Waals surface area contributed by atoms with Gasteiger partial charge in [-0.15, -0.1) is 0 Å². The van der Waals surface area contributed by atoms with Crippen molar-refractivity contribution in [2.45, 2.75) is 6.10 Å². The highest BCUT2D eigenvalue weighted by molar-refractivity contribution is 5.99. The molecule has 0 saturated carbocycles. The number of phenolic OH excluding ortho intramolecular Hbond substituents is 1. The minimum Gasteiger partial charge on any atom is -0.508 e. The first-order valence-corrected chi connectivity index (χ1v) is 7.25. The summed E-state index contributed by atoms with van der Waals surface area (Å²) in [5, 5.41) is 18.5. The number of aliphatic hydroxyl groups is 1. The first-order chi connectivity index (χ1) is 11.2. The van der Waals surface area contributed by atoms with E-state index in [1.807, 2.05) is 18.2 Å². The lowest BCUT2D eigenvalue weighted by Crippen LogP contribution is -2.11. The predicted octanol–water partition coefficient (Wildman–Crippen LogP) is 4.00. The monoisotopic (exact) mass is 306 g/mol. The number of carbonyl (C=O) groups is 1. The Kier molecular flexibility index (Phi) is 6.09. The lowest BCUT2D eigenvalue weighted by atomic mass is 10.0. The third kappa shape index (κ3) is 5.09. The van der Waals surface area contributed by atoms with E-state index in [2.05, 4.69) is 0 Å². The van der Waals surface area contributed by atoms with Crippen molar-refractivity contribution < 1.29 is 15.0 Å². The van der Waals surface area contributed by atoms with Crippen LogP contribution in [0.1, 0.15) is 22.0 Å². The first-order valence-electron chi connectivity index (χ1n) is 7.25. The minimum atomic E-state index is -1.08. The topological polar surface area (TPSA) is 57.5 Å². The van der Waals surface area contributed by atoms with Crippen molar-refractivity contribution in [2.24, 2.45) is 0 Å². The third-order valence-electron chi connectivity index (χ3n) is 3.18. The molecule has 2 N–H and O–H groups in total. The zero-order valence-corrected chi connectivity index (χ0v) is 12.5. The fourth-order valence-corrected chi connectivity index (χ4v) is 1.97. The van der Waals surface area contributed by atoms with Crippen molar-refractivity contribution >= 4 is 5.78 Å². The number of aliphatic hydroxyl groups excluding tert-OH is 1. The number of hydrogen-bond donors (Lipinski definition) is 2. The van der Waals surface area contributed by atoms with Crippen molar-refractivity contribution in [3.63, 3.8) is 0 Å². The Hall–Kier alpha value is -2.91. The van der Waals surface area contributed by atoms with Crippen LogP contribution < -0.4 is 0 Å². The van der Waals surface area contributed by atoms with Gasteiger partial charge in [0.15, 0.2) is 5.78 Å². The summed E-state index contributed by atoms with van der Waals surface area (Å²) in [5.41, 5.74) is 1.15. The van der Waals surface area contributed by atoms with E-state index in [-0.39, 0.29) is 5.78 Å². The molecule has 0 aromatic heterocycles. The Balaban J connectivity index is 0.000000229. The Labute approximate surface area is 135 Å². The van der Waals surface area contributed by atoms with Crippen molar-refractivity contribution in [2.75, 3.05) is 0 Å². The van der Waals surface area contributed by atoms with E-state index in [4.69, 9.17) is 5.11 Å². The summed E-state index contributed by atoms with van der Waals surface area (Å²) < 4.78 is 0. The fourth-order valence-electron chi connectivity index (χ4n) is 1.97. The summed E-state index contributed by atoms with van der Waals surface area (Å²) in [5.74, 6) is 0.0503. The van der Waals surface area contributed by atoms with Gasteiger partial charge in [0.2, 0.25) is 0 Å². The maximum Gasteiger partial charge on any atom is 0.195 e. The molecular weight excluding hydrogens is 288 g/mol. The largest absolute Gasteiger partial charge is 0.508 e. The number of carbonyl (C=O) groups excluding carboxylic acids is 1. The van der Waals surface area contributed by atoms with Crippen molar-refractivity contribution in [1.82, 2.24) is 0 Å². The van der Waals surface area contributed by atoms with Gasteiger partial charge in [0.25, 0.3) is 0 Å². The minimum absolute atomic E-state index is 0.271. The van der Waals surface area contributed by atoms with Crippen LogP contribution in [-0.2, 0) is 0 Å². The van der Waals surface area contributed by atoms with Crippen LogP contribution in [0.5, 0.6) is 5.75 Å². The summed E-state index contributed by atoms with van der Waals surface area (Å²) in [6.45, 7) is 0. The Bertz CT molecular complexity index is 710. The van der Waals surface area contributed by atoms with Crippen molar-refractivity contribution in [3.8, 4) is 5.75 Å². The third-order valence-corrected chi connectivity index (χ3v) is 3.18. The molecule has 3 aromatic carbocycles. The van der Waals surface area contributed by atoms with Gasteiger partial charge < -0.3 is 10.2 Å². The summed E-state index contributed by atoms with van der Waals surface area (Å²) in [7, 11) is 0. The number of para-hydroxylation sites is 1. The highest BCUT2D eigenvalue weighted by Gasteiger charge is 2.18. The van der Waals surface area contributed by atoms with Gasteiger partial charge in [-0.25, -0.2) is 0 Å². The molecule has 0 saturated heterocycles. The van der Waals surface area contributed by atoms with E-state index in [1.165, 1.54) is 0 Å². The van der Waals surface area contributed by atoms with Gasteiger partial charge in [0.05, 0.1) is 0 Å². The zero-order chi connectivity index (χ0) is 16.5. The van der Waals surface area contributed by atoms with E-state index in [1.54, 1.807) is 72.8 Å². The number of rotatable bonds is 3. The van der Waals surface area contributed by atoms with Gasteiger partial charge in [-0.1, -0.05) is 78.9 Å². The maximum atomic E-state index is 11.9. The summed E-state index contributed by atoms with van der Waals surface area (Å²) >= 11 is 0. The van der Waals surface area contributed by atoms with Crippen LogP contribution in [0.25, 0.3) is 0 Å². The number of benzene rings is 3. The van der Waals surface area contributed by atoms with Crippen molar-refractivity contribution in [1.29, 1.82) is 0 Å². The van der Waals surface area contributed by atoms with Crippen LogP contribution in [0.3, 0.4) is 0 Å². The van der Waals surface area contributed by atoms with Gasteiger partial charge in [0, 0.05) is 5.56 Å². The van der Waals surface area contributed by atoms with E-state index in [0.29, 0.717) is 16.9 Å². The predicted molar refractivity (Wildman–Crippen MR) is 90.3 cm³/mol. The van der Waals surface area contributed by atoms with Crippen LogP contribution in [0.15, 0.2) is 91.0 Å². The SMILES string of the molecule is O=C(c1ccccc1)C(O)c1ccccc1.Oc1ccccc1. The number of phenols is 1. The van der Waals surface area contributed by atoms with Crippen LogP contribution >= 0.6 is 0 Å². The summed E-state index contributed by atoms with van der Waals surface area (Å²) in [6.07, 6.45) is -1.08. The highest BCUT2D eigenvalue weighted by Crippen LogP contribution is 2.17. The number of aromatic hydroxyl groups is 1. The van der Waals surface area contributed by atoms with Gasteiger partial charge in [-0.05, 0) is 17.7 Å². The van der Waals surface area contributed by atoms with Crippen LogP contribution in [0.4, 0.5) is 0 Å². The molecule has 116 valence electrons. The molecule has 0 spiro atoms. The molecule has 0 aliphatic heterocycles. The molecule has 1 atom stereocenters. The number of ketones is 1. The second-order valence-corrected chi connectivity index (χ2v) is 4.88. The summed E-state index contributed by atoms with van der Waals surface area (Å²) in [4.78, 5) is 11.9. The quantitative estimate of drug-likeness (QED) is 0.719. The summed E-state index contributed by atoms with van der Waals surface area (Å²) in [6, 6.07) is 26.5. The van der Waals surface area contributed by atoms with E-state index in [0.717, 1.165) is 0 Å². The van der Waals surface area contributed by atoms with E-state index < -0.39 is 6.10 Å². The van der Waals surface area contributed by atoms with Crippen molar-refractivity contribution in [3.05, 3.63) is 102 Å². The van der Waals surface area contributed by atoms with Crippen LogP contribution in [-0.4, -0.2) is 16.0 Å². The maximum absolute atomic E-state index is 11.9. The molecule has 0 aliphatic carbocycles. The standard InChI is InChI=1S/C14H12O2.C6H6O/c15-13(11-7-3-1-4-8-11)14(16)12-9-5-2-6-10-12;7-6-4-2-1-3-5-6/h1-10,13,15H;1-5,7H. The molecule has 0 fully saturated rings. The molecule has 1 unspecified atom stereocenters. The Morgan fingerprint density at radius 3 is 1.57 bits per heavy atom. The van der Waals surface area contributed by atoms with Gasteiger partial charge in [-0.3, -0.25) is 4.79 Å². The first kappa shape index (κ1) is 16.5. The van der Waals surface area contributed by atoms with E-state index in [9.17, 15) is 9.90 Å². The van der Waals surface area contributed by atoms with Gasteiger partial charge in [-0.2, -0.15) is 0 Å². The zero-order valence-electron chi connectivity index (χ0n) is 12.5. The average Bonchev–Trinajstić information content (AvgIpc) is 2.63. The lowest BCUT2D eigenvalue weighted by molar-refractivity contribution is 0.0747.